The molecule has 1 aromatic carbocycles. The molecule has 0 aliphatic carbocycles. The van der Waals surface area contributed by atoms with Gasteiger partial charge in [-0.3, -0.25) is 0 Å². The molecule has 0 bridgehead atoms. The van der Waals surface area contributed by atoms with Gasteiger partial charge in [-0.2, -0.15) is 0 Å². The van der Waals surface area contributed by atoms with Crippen molar-refractivity contribution < 1.29 is 4.74 Å². The maximum absolute atomic E-state index is 5.76. The highest BCUT2D eigenvalue weighted by atomic mass is 16.5. The van der Waals surface area contributed by atoms with E-state index in [0.717, 1.165) is 12.2 Å². The lowest BCUT2D eigenvalue weighted by Gasteiger charge is -2.22. The third-order valence-electron chi connectivity index (χ3n) is 3.31. The summed E-state index contributed by atoms with van der Waals surface area (Å²) in [7, 11) is 3.81. The molecule has 1 aliphatic heterocycles. The van der Waals surface area contributed by atoms with E-state index in [9.17, 15) is 0 Å². The highest BCUT2D eigenvalue weighted by Gasteiger charge is 2.29. The Morgan fingerprint density at radius 1 is 1.53 bits per heavy atom. The summed E-state index contributed by atoms with van der Waals surface area (Å²) in [4.78, 5) is 2.24. The van der Waals surface area contributed by atoms with Gasteiger partial charge in [0.15, 0.2) is 0 Å². The average molecular weight is 206 g/mol. The molecular formula is C12H18N2O. The number of hydrogen-bond acceptors (Lipinski definition) is 3. The standard InChI is InChI=1S/C12H18N2O/c1-8-4-5-11(15-3)12-10(8)6-9(7-13)14(12)2/h4-5,9H,6-7,13H2,1-3H3. The molecule has 0 radical (unpaired) electrons. The first kappa shape index (κ1) is 10.3. The van der Waals surface area contributed by atoms with E-state index >= 15 is 0 Å². The van der Waals surface area contributed by atoms with E-state index in [2.05, 4.69) is 24.9 Å². The second-order valence-electron chi connectivity index (χ2n) is 4.12. The first-order chi connectivity index (χ1) is 7.19. The first-order valence-electron chi connectivity index (χ1n) is 5.28. The molecule has 1 aromatic rings. The maximum atomic E-state index is 5.76. The minimum atomic E-state index is 0.412. The van der Waals surface area contributed by atoms with Crippen molar-refractivity contribution >= 4 is 5.69 Å². The molecular weight excluding hydrogens is 188 g/mol. The van der Waals surface area contributed by atoms with Crippen LogP contribution in [0.3, 0.4) is 0 Å². The molecule has 2 N–H and O–H groups in total. The smallest absolute Gasteiger partial charge is 0.142 e. The van der Waals surface area contributed by atoms with Crippen molar-refractivity contribution in [3.05, 3.63) is 23.3 Å². The van der Waals surface area contributed by atoms with Crippen molar-refractivity contribution in [3.63, 3.8) is 0 Å². The molecule has 0 saturated heterocycles. The highest BCUT2D eigenvalue weighted by Crippen LogP contribution is 2.40. The van der Waals surface area contributed by atoms with Crippen LogP contribution in [0.25, 0.3) is 0 Å². The van der Waals surface area contributed by atoms with Crippen LogP contribution in [0.5, 0.6) is 5.75 Å². The van der Waals surface area contributed by atoms with E-state index in [1.54, 1.807) is 7.11 Å². The summed E-state index contributed by atoms with van der Waals surface area (Å²) in [6, 6.07) is 4.56. The van der Waals surface area contributed by atoms with E-state index in [1.807, 2.05) is 6.07 Å². The molecule has 0 fully saturated rings. The predicted molar refractivity (Wildman–Crippen MR) is 62.7 cm³/mol. The molecule has 1 unspecified atom stereocenters. The Hall–Kier alpha value is -1.22. The Morgan fingerprint density at radius 3 is 2.87 bits per heavy atom. The fourth-order valence-corrected chi connectivity index (χ4v) is 2.32. The lowest BCUT2D eigenvalue weighted by Crippen LogP contribution is -2.34. The normalized spacial score (nSPS) is 19.2. The van der Waals surface area contributed by atoms with Gasteiger partial charge in [0.2, 0.25) is 0 Å². The van der Waals surface area contributed by atoms with E-state index < -0.39 is 0 Å². The van der Waals surface area contributed by atoms with Crippen LogP contribution in [0.2, 0.25) is 0 Å². The van der Waals surface area contributed by atoms with Crippen molar-refractivity contribution in [2.45, 2.75) is 19.4 Å². The quantitative estimate of drug-likeness (QED) is 0.793. The second-order valence-corrected chi connectivity index (χ2v) is 4.12. The van der Waals surface area contributed by atoms with Gasteiger partial charge in [-0.1, -0.05) is 6.07 Å². The van der Waals surface area contributed by atoms with E-state index in [4.69, 9.17) is 10.5 Å². The van der Waals surface area contributed by atoms with Crippen molar-refractivity contribution in [3.8, 4) is 5.75 Å². The Kier molecular flexibility index (Phi) is 2.57. The van der Waals surface area contributed by atoms with Crippen LogP contribution in [-0.4, -0.2) is 26.7 Å². The molecule has 1 atom stereocenters. The Morgan fingerprint density at radius 2 is 2.27 bits per heavy atom. The number of aryl methyl sites for hydroxylation is 1. The Balaban J connectivity index is 2.51. The van der Waals surface area contributed by atoms with Crippen LogP contribution in [0.1, 0.15) is 11.1 Å². The summed E-state index contributed by atoms with van der Waals surface area (Å²) < 4.78 is 5.39. The number of rotatable bonds is 2. The van der Waals surface area contributed by atoms with Crippen molar-refractivity contribution in [2.24, 2.45) is 5.73 Å². The summed E-state index contributed by atoms with van der Waals surface area (Å²) in [5.41, 5.74) is 9.69. The molecule has 15 heavy (non-hydrogen) atoms. The molecule has 0 amide bonds. The molecule has 3 heteroatoms. The highest BCUT2D eigenvalue weighted by molar-refractivity contribution is 5.69. The van der Waals surface area contributed by atoms with Crippen LogP contribution in [0.15, 0.2) is 12.1 Å². The zero-order valence-corrected chi connectivity index (χ0v) is 9.58. The SMILES string of the molecule is COc1ccc(C)c2c1N(C)C(CN)C2. The monoisotopic (exact) mass is 206 g/mol. The minimum Gasteiger partial charge on any atom is -0.495 e. The van der Waals surface area contributed by atoms with Crippen LogP contribution >= 0.6 is 0 Å². The van der Waals surface area contributed by atoms with Crippen molar-refractivity contribution in [2.75, 3.05) is 25.6 Å². The predicted octanol–water partition coefficient (Wildman–Crippen LogP) is 1.32. The number of nitrogens with zero attached hydrogens (tertiary/aromatic N) is 1. The number of benzene rings is 1. The molecule has 1 heterocycles. The van der Waals surface area contributed by atoms with E-state index in [1.165, 1.54) is 16.8 Å². The zero-order chi connectivity index (χ0) is 11.0. The van der Waals surface area contributed by atoms with Gasteiger partial charge in [0, 0.05) is 19.6 Å². The topological polar surface area (TPSA) is 38.5 Å². The first-order valence-corrected chi connectivity index (χ1v) is 5.28. The lowest BCUT2D eigenvalue weighted by atomic mass is 10.0. The van der Waals surface area contributed by atoms with Gasteiger partial charge < -0.3 is 15.4 Å². The van der Waals surface area contributed by atoms with Crippen LogP contribution in [0, 0.1) is 6.92 Å². The number of ether oxygens (including phenoxy) is 1. The summed E-state index contributed by atoms with van der Waals surface area (Å²) in [6.07, 6.45) is 1.03. The van der Waals surface area contributed by atoms with Crippen LogP contribution < -0.4 is 15.4 Å². The molecule has 1 aliphatic rings. The summed E-state index contributed by atoms with van der Waals surface area (Å²) in [5, 5.41) is 0. The molecule has 3 nitrogen and oxygen atoms in total. The van der Waals surface area contributed by atoms with E-state index in [-0.39, 0.29) is 0 Å². The minimum absolute atomic E-state index is 0.412. The molecule has 2 rings (SSSR count). The lowest BCUT2D eigenvalue weighted by molar-refractivity contribution is 0.415. The average Bonchev–Trinajstić information content (AvgIpc) is 2.58. The number of methoxy groups -OCH3 is 1. The molecule has 0 aromatic heterocycles. The van der Waals surface area contributed by atoms with Gasteiger partial charge in [0.05, 0.1) is 12.8 Å². The summed E-state index contributed by atoms with van der Waals surface area (Å²) in [5.74, 6) is 0.953. The number of fused-ring (bicyclic) bond motifs is 1. The Labute approximate surface area is 90.8 Å². The van der Waals surface area contributed by atoms with Gasteiger partial charge in [-0.05, 0) is 30.5 Å². The maximum Gasteiger partial charge on any atom is 0.142 e. The second kappa shape index (κ2) is 3.74. The van der Waals surface area contributed by atoms with Crippen LogP contribution in [-0.2, 0) is 6.42 Å². The number of nitrogens with two attached hydrogens (primary N) is 1. The third-order valence-corrected chi connectivity index (χ3v) is 3.31. The van der Waals surface area contributed by atoms with Crippen molar-refractivity contribution in [1.29, 1.82) is 0 Å². The number of likely N-dealkylation sites (N-methyl/N-ethyl adjacent to an activating group) is 1. The zero-order valence-electron chi connectivity index (χ0n) is 9.58. The fourth-order valence-electron chi connectivity index (χ4n) is 2.32. The van der Waals surface area contributed by atoms with Gasteiger partial charge in [0.25, 0.3) is 0 Å². The third kappa shape index (κ3) is 1.47. The van der Waals surface area contributed by atoms with Gasteiger partial charge in [-0.15, -0.1) is 0 Å². The summed E-state index contributed by atoms with van der Waals surface area (Å²) >= 11 is 0. The van der Waals surface area contributed by atoms with Crippen molar-refractivity contribution in [1.82, 2.24) is 0 Å². The molecule has 82 valence electrons. The fraction of sp³-hybridized carbons (Fsp3) is 0.500. The van der Waals surface area contributed by atoms with Gasteiger partial charge in [0.1, 0.15) is 5.75 Å². The Bertz CT molecular complexity index is 376. The van der Waals surface area contributed by atoms with Crippen LogP contribution in [0.4, 0.5) is 5.69 Å². The van der Waals surface area contributed by atoms with Gasteiger partial charge in [-0.25, -0.2) is 0 Å². The largest absolute Gasteiger partial charge is 0.495 e. The number of anilines is 1. The number of hydrogen-bond donors (Lipinski definition) is 1. The van der Waals surface area contributed by atoms with E-state index in [0.29, 0.717) is 12.6 Å². The molecule has 0 saturated carbocycles. The molecule has 0 spiro atoms. The van der Waals surface area contributed by atoms with Gasteiger partial charge >= 0.3 is 0 Å². The summed E-state index contributed by atoms with van der Waals surface area (Å²) in [6.45, 7) is 2.83.